The predicted octanol–water partition coefficient (Wildman–Crippen LogP) is 2.26. The van der Waals surface area contributed by atoms with Gasteiger partial charge in [0.2, 0.25) is 0 Å². The van der Waals surface area contributed by atoms with Gasteiger partial charge in [-0.2, -0.15) is 0 Å². The first-order chi connectivity index (χ1) is 9.85. The van der Waals surface area contributed by atoms with Gasteiger partial charge in [0, 0.05) is 17.2 Å². The molecule has 0 spiro atoms. The summed E-state index contributed by atoms with van der Waals surface area (Å²) in [6.45, 7) is 8.11. The van der Waals surface area contributed by atoms with Gasteiger partial charge in [0.1, 0.15) is 11.5 Å². The van der Waals surface area contributed by atoms with Crippen molar-refractivity contribution in [2.45, 2.75) is 46.3 Å². The Labute approximate surface area is 126 Å². The molecule has 118 valence electrons. The van der Waals surface area contributed by atoms with E-state index in [2.05, 4.69) is 5.32 Å². The second-order valence-corrected chi connectivity index (χ2v) is 5.86. The molecule has 0 radical (unpaired) electrons. The zero-order chi connectivity index (χ0) is 15.9. The summed E-state index contributed by atoms with van der Waals surface area (Å²) in [5.74, 6) is 0.932. The third kappa shape index (κ3) is 6.49. The maximum atomic E-state index is 11.8. The molecule has 5 heteroatoms. The summed E-state index contributed by atoms with van der Waals surface area (Å²) in [6.07, 6.45) is 0.909. The maximum Gasteiger partial charge on any atom is 0.258 e. The Balaban J connectivity index is 2.69. The van der Waals surface area contributed by atoms with Crippen molar-refractivity contribution in [1.82, 2.24) is 5.32 Å². The fourth-order valence-electron chi connectivity index (χ4n) is 1.71. The number of benzene rings is 1. The highest BCUT2D eigenvalue weighted by atomic mass is 16.5. The Morgan fingerprint density at radius 1 is 1.29 bits per heavy atom. The molecule has 1 aromatic rings. The molecular formula is C16H25NO4. The normalized spacial score (nSPS) is 11.1. The number of rotatable bonds is 7. The van der Waals surface area contributed by atoms with Gasteiger partial charge in [-0.3, -0.25) is 4.79 Å². The van der Waals surface area contributed by atoms with Crippen LogP contribution < -0.4 is 14.8 Å². The molecule has 1 amide bonds. The number of aliphatic hydroxyl groups is 1. The SMILES string of the molecule is CCCOc1ccc(CO)c(OCC(=O)NC(C)(C)C)c1. The first-order valence-electron chi connectivity index (χ1n) is 7.16. The first kappa shape index (κ1) is 17.3. The number of hydrogen-bond acceptors (Lipinski definition) is 4. The molecule has 0 heterocycles. The van der Waals surface area contributed by atoms with Gasteiger partial charge >= 0.3 is 0 Å². The van der Waals surface area contributed by atoms with Gasteiger partial charge in [-0.25, -0.2) is 0 Å². The molecule has 5 nitrogen and oxygen atoms in total. The van der Waals surface area contributed by atoms with Crippen LogP contribution in [0.2, 0.25) is 0 Å². The highest BCUT2D eigenvalue weighted by Crippen LogP contribution is 2.25. The molecule has 0 aliphatic heterocycles. The Kier molecular flexibility index (Phi) is 6.49. The maximum absolute atomic E-state index is 11.8. The van der Waals surface area contributed by atoms with E-state index in [4.69, 9.17) is 9.47 Å². The summed E-state index contributed by atoms with van der Waals surface area (Å²) in [5.41, 5.74) is 0.328. The van der Waals surface area contributed by atoms with Crippen LogP contribution in [0, 0.1) is 0 Å². The zero-order valence-corrected chi connectivity index (χ0v) is 13.2. The molecule has 0 saturated carbocycles. The number of carbonyl (C=O) groups excluding carboxylic acids is 1. The van der Waals surface area contributed by atoms with E-state index in [-0.39, 0.29) is 24.7 Å². The quantitative estimate of drug-likeness (QED) is 0.809. The Bertz CT molecular complexity index is 466. The molecular weight excluding hydrogens is 270 g/mol. The van der Waals surface area contributed by atoms with Crippen molar-refractivity contribution in [2.75, 3.05) is 13.2 Å². The van der Waals surface area contributed by atoms with Crippen molar-refractivity contribution < 1.29 is 19.4 Å². The van der Waals surface area contributed by atoms with Crippen LogP contribution >= 0.6 is 0 Å². The molecule has 0 fully saturated rings. The summed E-state index contributed by atoms with van der Waals surface area (Å²) < 4.78 is 11.0. The van der Waals surface area contributed by atoms with Crippen LogP contribution in [0.15, 0.2) is 18.2 Å². The lowest BCUT2D eigenvalue weighted by Gasteiger charge is -2.21. The van der Waals surface area contributed by atoms with E-state index in [0.717, 1.165) is 6.42 Å². The van der Waals surface area contributed by atoms with Gasteiger partial charge in [-0.15, -0.1) is 0 Å². The molecule has 0 aromatic heterocycles. The highest BCUT2D eigenvalue weighted by molar-refractivity contribution is 5.78. The largest absolute Gasteiger partial charge is 0.493 e. The van der Waals surface area contributed by atoms with Crippen molar-refractivity contribution >= 4 is 5.91 Å². The lowest BCUT2D eigenvalue weighted by Crippen LogP contribution is -2.43. The topological polar surface area (TPSA) is 67.8 Å². The van der Waals surface area contributed by atoms with Crippen LogP contribution in [0.3, 0.4) is 0 Å². The van der Waals surface area contributed by atoms with Crippen LogP contribution in [0.5, 0.6) is 11.5 Å². The van der Waals surface area contributed by atoms with Crippen LogP contribution in [0.1, 0.15) is 39.7 Å². The minimum Gasteiger partial charge on any atom is -0.493 e. The van der Waals surface area contributed by atoms with Crippen LogP contribution in [0.25, 0.3) is 0 Å². The monoisotopic (exact) mass is 295 g/mol. The smallest absolute Gasteiger partial charge is 0.258 e. The highest BCUT2D eigenvalue weighted by Gasteiger charge is 2.15. The standard InChI is InChI=1S/C16H25NO4/c1-5-8-20-13-7-6-12(10-18)14(9-13)21-11-15(19)17-16(2,3)4/h6-7,9,18H,5,8,10-11H2,1-4H3,(H,17,19). The minimum absolute atomic E-state index is 0.0957. The fourth-order valence-corrected chi connectivity index (χ4v) is 1.71. The number of hydrogen-bond donors (Lipinski definition) is 2. The molecule has 1 rings (SSSR count). The molecule has 0 atom stereocenters. The molecule has 0 aliphatic rings. The van der Waals surface area contributed by atoms with Crippen LogP contribution in [-0.2, 0) is 11.4 Å². The van der Waals surface area contributed by atoms with Crippen LogP contribution in [0.4, 0.5) is 0 Å². The molecule has 21 heavy (non-hydrogen) atoms. The summed E-state index contributed by atoms with van der Waals surface area (Å²) in [6, 6.07) is 5.22. The van der Waals surface area contributed by atoms with Crippen molar-refractivity contribution in [3.8, 4) is 11.5 Å². The average Bonchev–Trinajstić information content (AvgIpc) is 2.41. The summed E-state index contributed by atoms with van der Waals surface area (Å²) >= 11 is 0. The van der Waals surface area contributed by atoms with Crippen molar-refractivity contribution in [3.63, 3.8) is 0 Å². The lowest BCUT2D eigenvalue weighted by molar-refractivity contribution is -0.124. The van der Waals surface area contributed by atoms with Crippen LogP contribution in [-0.4, -0.2) is 29.8 Å². The van der Waals surface area contributed by atoms with Gasteiger partial charge < -0.3 is 19.9 Å². The van der Waals surface area contributed by atoms with Gasteiger partial charge in [0.15, 0.2) is 6.61 Å². The minimum atomic E-state index is -0.299. The molecule has 0 saturated heterocycles. The van der Waals surface area contributed by atoms with E-state index in [1.54, 1.807) is 18.2 Å². The number of nitrogens with one attached hydrogen (secondary N) is 1. The zero-order valence-electron chi connectivity index (χ0n) is 13.2. The first-order valence-corrected chi connectivity index (χ1v) is 7.16. The average molecular weight is 295 g/mol. The molecule has 0 bridgehead atoms. The van der Waals surface area contributed by atoms with E-state index >= 15 is 0 Å². The van der Waals surface area contributed by atoms with Crippen molar-refractivity contribution in [3.05, 3.63) is 23.8 Å². The number of carbonyl (C=O) groups is 1. The van der Waals surface area contributed by atoms with E-state index in [1.807, 2.05) is 27.7 Å². The fraction of sp³-hybridized carbons (Fsp3) is 0.562. The van der Waals surface area contributed by atoms with E-state index in [9.17, 15) is 9.90 Å². The number of amides is 1. The van der Waals surface area contributed by atoms with Crippen molar-refractivity contribution in [1.29, 1.82) is 0 Å². The van der Waals surface area contributed by atoms with E-state index < -0.39 is 0 Å². The van der Waals surface area contributed by atoms with Gasteiger partial charge in [0.25, 0.3) is 5.91 Å². The summed E-state index contributed by atoms with van der Waals surface area (Å²) in [5, 5.41) is 12.1. The van der Waals surface area contributed by atoms with E-state index in [0.29, 0.717) is 23.7 Å². The van der Waals surface area contributed by atoms with E-state index in [1.165, 1.54) is 0 Å². The second kappa shape index (κ2) is 7.88. The van der Waals surface area contributed by atoms with Gasteiger partial charge in [-0.05, 0) is 39.3 Å². The van der Waals surface area contributed by atoms with Gasteiger partial charge in [0.05, 0.1) is 13.2 Å². The summed E-state index contributed by atoms with van der Waals surface area (Å²) in [4.78, 5) is 11.8. The lowest BCUT2D eigenvalue weighted by atomic mass is 10.1. The Hall–Kier alpha value is -1.75. The number of ether oxygens (including phenoxy) is 2. The predicted molar refractivity (Wildman–Crippen MR) is 81.5 cm³/mol. The molecule has 1 aromatic carbocycles. The Morgan fingerprint density at radius 3 is 2.57 bits per heavy atom. The molecule has 0 unspecified atom stereocenters. The molecule has 2 N–H and O–H groups in total. The second-order valence-electron chi connectivity index (χ2n) is 5.86. The van der Waals surface area contributed by atoms with Gasteiger partial charge in [-0.1, -0.05) is 6.92 Å². The van der Waals surface area contributed by atoms with Crippen molar-refractivity contribution in [2.24, 2.45) is 0 Å². The Morgan fingerprint density at radius 2 is 2.00 bits per heavy atom. The third-order valence-corrected chi connectivity index (χ3v) is 2.56. The number of aliphatic hydroxyl groups excluding tert-OH is 1. The molecule has 0 aliphatic carbocycles. The summed E-state index contributed by atoms with van der Waals surface area (Å²) in [7, 11) is 0. The third-order valence-electron chi connectivity index (χ3n) is 2.56.